The summed E-state index contributed by atoms with van der Waals surface area (Å²) in [6.07, 6.45) is 7.61. The highest BCUT2D eigenvalue weighted by molar-refractivity contribution is 5.68. The second kappa shape index (κ2) is 5.44. The maximum atomic E-state index is 6.00. The summed E-state index contributed by atoms with van der Waals surface area (Å²) in [6, 6.07) is 4.57. The molecule has 20 heavy (non-hydrogen) atoms. The molecule has 0 aromatic carbocycles. The van der Waals surface area contributed by atoms with Crippen molar-refractivity contribution in [1.29, 1.82) is 0 Å². The second-order valence-electron chi connectivity index (χ2n) is 6.19. The Labute approximate surface area is 120 Å². The third-order valence-electron chi connectivity index (χ3n) is 4.43. The molecule has 0 bridgehead atoms. The van der Waals surface area contributed by atoms with Crippen LogP contribution in [0.3, 0.4) is 0 Å². The first-order valence-electron chi connectivity index (χ1n) is 7.59. The van der Waals surface area contributed by atoms with Crippen LogP contribution in [-0.2, 0) is 6.42 Å². The van der Waals surface area contributed by atoms with E-state index in [0.29, 0.717) is 12.0 Å². The quantitative estimate of drug-likeness (QED) is 0.934. The molecular weight excluding hydrogens is 248 g/mol. The van der Waals surface area contributed by atoms with E-state index in [2.05, 4.69) is 34.3 Å². The Hall–Kier alpha value is -1.55. The molecular formula is C16H24N4. The summed E-state index contributed by atoms with van der Waals surface area (Å²) in [7, 11) is 0. The Balaban J connectivity index is 1.78. The molecule has 0 radical (unpaired) electrons. The molecule has 2 N–H and O–H groups in total. The third kappa shape index (κ3) is 2.52. The van der Waals surface area contributed by atoms with Gasteiger partial charge < -0.3 is 15.0 Å². The molecule has 3 heterocycles. The molecule has 108 valence electrons. The average Bonchev–Trinajstić information content (AvgIpc) is 2.84. The molecule has 1 unspecified atom stereocenters. The van der Waals surface area contributed by atoms with Gasteiger partial charge in [0.05, 0.1) is 17.4 Å². The molecule has 0 saturated carbocycles. The van der Waals surface area contributed by atoms with E-state index in [1.807, 2.05) is 18.3 Å². The lowest BCUT2D eigenvalue weighted by atomic mass is 9.93. The van der Waals surface area contributed by atoms with E-state index in [1.54, 1.807) is 0 Å². The van der Waals surface area contributed by atoms with Crippen molar-refractivity contribution in [3.05, 3.63) is 30.4 Å². The van der Waals surface area contributed by atoms with E-state index in [4.69, 9.17) is 5.73 Å². The summed E-state index contributed by atoms with van der Waals surface area (Å²) in [5.74, 6) is 1.85. The first-order valence-corrected chi connectivity index (χ1v) is 7.59. The van der Waals surface area contributed by atoms with E-state index in [0.717, 1.165) is 23.4 Å². The molecule has 1 aliphatic heterocycles. The second-order valence-corrected chi connectivity index (χ2v) is 6.19. The molecule has 4 heteroatoms. The number of pyridine rings is 1. The van der Waals surface area contributed by atoms with Gasteiger partial charge >= 0.3 is 0 Å². The molecule has 0 spiro atoms. The van der Waals surface area contributed by atoms with Crippen LogP contribution < -0.4 is 5.73 Å². The SMILES string of the molecule is CC(C)N1CCCC(Cc2ncc3c(N)cccn23)C1. The number of anilines is 1. The van der Waals surface area contributed by atoms with Crippen LogP contribution in [0.5, 0.6) is 0 Å². The highest BCUT2D eigenvalue weighted by atomic mass is 15.2. The van der Waals surface area contributed by atoms with Crippen molar-refractivity contribution in [1.82, 2.24) is 14.3 Å². The van der Waals surface area contributed by atoms with Gasteiger partial charge in [-0.25, -0.2) is 4.98 Å². The number of hydrogen-bond acceptors (Lipinski definition) is 3. The van der Waals surface area contributed by atoms with E-state index in [9.17, 15) is 0 Å². The molecule has 0 amide bonds. The Bertz CT molecular complexity index is 587. The van der Waals surface area contributed by atoms with Crippen molar-refractivity contribution in [2.24, 2.45) is 5.92 Å². The van der Waals surface area contributed by atoms with Crippen LogP contribution in [-0.4, -0.2) is 33.4 Å². The summed E-state index contributed by atoms with van der Waals surface area (Å²) < 4.78 is 2.14. The Morgan fingerprint density at radius 2 is 2.30 bits per heavy atom. The van der Waals surface area contributed by atoms with Crippen molar-refractivity contribution in [2.45, 2.75) is 39.2 Å². The van der Waals surface area contributed by atoms with Crippen molar-refractivity contribution in [3.8, 4) is 0 Å². The van der Waals surface area contributed by atoms with Crippen LogP contribution in [0.4, 0.5) is 5.69 Å². The van der Waals surface area contributed by atoms with Crippen LogP contribution in [0.2, 0.25) is 0 Å². The molecule has 0 aliphatic carbocycles. The summed E-state index contributed by atoms with van der Waals surface area (Å²) >= 11 is 0. The number of fused-ring (bicyclic) bond motifs is 1. The van der Waals surface area contributed by atoms with Gasteiger partial charge in [0.25, 0.3) is 0 Å². The van der Waals surface area contributed by atoms with Crippen LogP contribution >= 0.6 is 0 Å². The molecule has 2 aromatic rings. The van der Waals surface area contributed by atoms with Gasteiger partial charge in [-0.2, -0.15) is 0 Å². The monoisotopic (exact) mass is 272 g/mol. The predicted octanol–water partition coefficient (Wildman–Crippen LogP) is 2.58. The maximum Gasteiger partial charge on any atom is 0.113 e. The molecule has 2 aromatic heterocycles. The number of hydrogen-bond donors (Lipinski definition) is 1. The normalized spacial score (nSPS) is 20.9. The first-order chi connectivity index (χ1) is 9.65. The van der Waals surface area contributed by atoms with Gasteiger partial charge in [0.1, 0.15) is 5.82 Å². The number of nitrogens with two attached hydrogens (primary N) is 1. The average molecular weight is 272 g/mol. The summed E-state index contributed by atoms with van der Waals surface area (Å²) in [5, 5.41) is 0. The number of imidazole rings is 1. The van der Waals surface area contributed by atoms with Crippen LogP contribution in [0.1, 0.15) is 32.5 Å². The van der Waals surface area contributed by atoms with Gasteiger partial charge in [0.2, 0.25) is 0 Å². The van der Waals surface area contributed by atoms with Gasteiger partial charge in [0.15, 0.2) is 0 Å². The molecule has 3 rings (SSSR count). The fourth-order valence-electron chi connectivity index (χ4n) is 3.24. The highest BCUT2D eigenvalue weighted by Gasteiger charge is 2.23. The standard InChI is InChI=1S/C16H24N4/c1-12(2)19-7-3-5-13(11-19)9-16-18-10-15-14(17)6-4-8-20(15)16/h4,6,8,10,12-13H,3,5,7,9,11,17H2,1-2H3. The predicted molar refractivity (Wildman–Crippen MR) is 82.7 cm³/mol. The number of rotatable bonds is 3. The lowest BCUT2D eigenvalue weighted by Gasteiger charge is -2.35. The van der Waals surface area contributed by atoms with Gasteiger partial charge in [-0.05, 0) is 51.3 Å². The fourth-order valence-corrected chi connectivity index (χ4v) is 3.24. The molecule has 1 saturated heterocycles. The van der Waals surface area contributed by atoms with E-state index >= 15 is 0 Å². The van der Waals surface area contributed by atoms with Gasteiger partial charge in [-0.15, -0.1) is 0 Å². The Kier molecular flexibility index (Phi) is 3.66. The minimum Gasteiger partial charge on any atom is -0.397 e. The summed E-state index contributed by atoms with van der Waals surface area (Å²) in [5.41, 5.74) is 7.83. The molecule has 1 aliphatic rings. The summed E-state index contributed by atoms with van der Waals surface area (Å²) in [4.78, 5) is 7.17. The maximum absolute atomic E-state index is 6.00. The Morgan fingerprint density at radius 3 is 3.10 bits per heavy atom. The molecule has 1 fully saturated rings. The third-order valence-corrected chi connectivity index (χ3v) is 4.43. The summed E-state index contributed by atoms with van der Waals surface area (Å²) in [6.45, 7) is 7.00. The molecule has 1 atom stereocenters. The number of aromatic nitrogens is 2. The zero-order chi connectivity index (χ0) is 14.1. The van der Waals surface area contributed by atoms with E-state index < -0.39 is 0 Å². The zero-order valence-electron chi connectivity index (χ0n) is 12.4. The van der Waals surface area contributed by atoms with Crippen molar-refractivity contribution in [3.63, 3.8) is 0 Å². The minimum atomic E-state index is 0.644. The van der Waals surface area contributed by atoms with Gasteiger partial charge in [-0.1, -0.05) is 0 Å². The van der Waals surface area contributed by atoms with Crippen molar-refractivity contribution in [2.75, 3.05) is 18.8 Å². The fraction of sp³-hybridized carbons (Fsp3) is 0.562. The topological polar surface area (TPSA) is 46.6 Å². The largest absolute Gasteiger partial charge is 0.397 e. The number of piperidine rings is 1. The lowest BCUT2D eigenvalue weighted by Crippen LogP contribution is -2.40. The van der Waals surface area contributed by atoms with E-state index in [1.165, 1.54) is 25.9 Å². The zero-order valence-corrected chi connectivity index (χ0v) is 12.4. The first kappa shape index (κ1) is 13.4. The van der Waals surface area contributed by atoms with Gasteiger partial charge in [-0.3, -0.25) is 0 Å². The van der Waals surface area contributed by atoms with Crippen molar-refractivity contribution < 1.29 is 0 Å². The number of nitrogens with zero attached hydrogens (tertiary/aromatic N) is 3. The lowest BCUT2D eigenvalue weighted by molar-refractivity contribution is 0.138. The van der Waals surface area contributed by atoms with E-state index in [-0.39, 0.29) is 0 Å². The van der Waals surface area contributed by atoms with Crippen LogP contribution in [0, 0.1) is 5.92 Å². The number of nitrogen functional groups attached to an aromatic ring is 1. The molecule has 4 nitrogen and oxygen atoms in total. The minimum absolute atomic E-state index is 0.644. The van der Waals surface area contributed by atoms with Crippen LogP contribution in [0.15, 0.2) is 24.5 Å². The smallest absolute Gasteiger partial charge is 0.113 e. The Morgan fingerprint density at radius 1 is 1.45 bits per heavy atom. The van der Waals surface area contributed by atoms with Crippen molar-refractivity contribution >= 4 is 11.2 Å². The van der Waals surface area contributed by atoms with Crippen LogP contribution in [0.25, 0.3) is 5.52 Å². The number of likely N-dealkylation sites (tertiary alicyclic amines) is 1. The van der Waals surface area contributed by atoms with Gasteiger partial charge in [0, 0.05) is 25.2 Å². The highest BCUT2D eigenvalue weighted by Crippen LogP contribution is 2.23.